The number of benzene rings is 2. The molecule has 1 unspecified atom stereocenters. The molecular formula is C15H15BrFN. The summed E-state index contributed by atoms with van der Waals surface area (Å²) < 4.78 is 14.3. The maximum atomic E-state index is 13.3. The van der Waals surface area contributed by atoms with Gasteiger partial charge >= 0.3 is 0 Å². The van der Waals surface area contributed by atoms with Crippen LogP contribution in [0.25, 0.3) is 0 Å². The highest BCUT2D eigenvalue weighted by Crippen LogP contribution is 2.23. The van der Waals surface area contributed by atoms with Crippen LogP contribution in [0.2, 0.25) is 0 Å². The van der Waals surface area contributed by atoms with Gasteiger partial charge in [0.1, 0.15) is 5.82 Å². The molecule has 2 aromatic rings. The molecule has 1 nitrogen and oxygen atoms in total. The lowest BCUT2D eigenvalue weighted by molar-refractivity contribution is 0.626. The van der Waals surface area contributed by atoms with Crippen molar-refractivity contribution in [2.45, 2.75) is 19.9 Å². The number of nitrogens with one attached hydrogen (secondary N) is 1. The molecule has 0 radical (unpaired) electrons. The summed E-state index contributed by atoms with van der Waals surface area (Å²) >= 11 is 3.45. The molecule has 0 aromatic heterocycles. The monoisotopic (exact) mass is 307 g/mol. The van der Waals surface area contributed by atoms with Crippen LogP contribution in [0.3, 0.4) is 0 Å². The largest absolute Gasteiger partial charge is 0.378 e. The Morgan fingerprint density at radius 3 is 2.61 bits per heavy atom. The predicted octanol–water partition coefficient (Wildman–Crippen LogP) is 5.07. The third-order valence-corrected chi connectivity index (χ3v) is 3.27. The zero-order valence-corrected chi connectivity index (χ0v) is 12.0. The zero-order valence-electron chi connectivity index (χ0n) is 10.4. The number of rotatable bonds is 3. The molecule has 0 amide bonds. The standard InChI is InChI=1S/C15H15BrFN/c1-10-6-14(17)9-15(7-10)18-11(2)12-4-3-5-13(16)8-12/h3-9,11,18H,1-2H3. The van der Waals surface area contributed by atoms with Gasteiger partial charge in [-0.05, 0) is 55.3 Å². The minimum absolute atomic E-state index is 0.128. The topological polar surface area (TPSA) is 12.0 Å². The van der Waals surface area contributed by atoms with Gasteiger partial charge in [-0.25, -0.2) is 4.39 Å². The summed E-state index contributed by atoms with van der Waals surface area (Å²) in [5, 5.41) is 3.31. The Morgan fingerprint density at radius 1 is 1.17 bits per heavy atom. The summed E-state index contributed by atoms with van der Waals surface area (Å²) in [6, 6.07) is 13.2. The molecule has 3 heteroatoms. The van der Waals surface area contributed by atoms with Gasteiger partial charge in [-0.15, -0.1) is 0 Å². The average Bonchev–Trinajstić information content (AvgIpc) is 2.27. The number of halogens is 2. The molecular weight excluding hydrogens is 293 g/mol. The first kappa shape index (κ1) is 13.1. The van der Waals surface area contributed by atoms with Crippen LogP contribution in [0, 0.1) is 12.7 Å². The molecule has 0 aliphatic carbocycles. The third-order valence-electron chi connectivity index (χ3n) is 2.77. The molecule has 18 heavy (non-hydrogen) atoms. The van der Waals surface area contributed by atoms with E-state index < -0.39 is 0 Å². The van der Waals surface area contributed by atoms with Gasteiger partial charge in [-0.1, -0.05) is 28.1 Å². The Morgan fingerprint density at radius 2 is 1.94 bits per heavy atom. The second-order valence-corrected chi connectivity index (χ2v) is 5.35. The van der Waals surface area contributed by atoms with Crippen molar-refractivity contribution >= 4 is 21.6 Å². The number of hydrogen-bond donors (Lipinski definition) is 1. The summed E-state index contributed by atoms with van der Waals surface area (Å²) in [6.07, 6.45) is 0. The molecule has 2 rings (SSSR count). The zero-order chi connectivity index (χ0) is 13.1. The molecule has 0 heterocycles. The van der Waals surface area contributed by atoms with E-state index in [0.717, 1.165) is 21.3 Å². The normalized spacial score (nSPS) is 12.2. The van der Waals surface area contributed by atoms with Crippen LogP contribution < -0.4 is 5.32 Å². The third kappa shape index (κ3) is 3.33. The van der Waals surface area contributed by atoms with Crippen molar-refractivity contribution in [2.75, 3.05) is 5.32 Å². The van der Waals surface area contributed by atoms with Crippen molar-refractivity contribution in [3.63, 3.8) is 0 Å². The Kier molecular flexibility index (Phi) is 4.02. The number of aryl methyl sites for hydroxylation is 1. The van der Waals surface area contributed by atoms with E-state index >= 15 is 0 Å². The Bertz CT molecular complexity index is 534. The molecule has 0 aliphatic heterocycles. The van der Waals surface area contributed by atoms with Crippen LogP contribution in [0.5, 0.6) is 0 Å². The first-order valence-corrected chi connectivity index (χ1v) is 6.63. The minimum Gasteiger partial charge on any atom is -0.378 e. The molecule has 0 fully saturated rings. The highest BCUT2D eigenvalue weighted by Gasteiger charge is 2.06. The van der Waals surface area contributed by atoms with Gasteiger partial charge < -0.3 is 5.32 Å². The van der Waals surface area contributed by atoms with Crippen molar-refractivity contribution < 1.29 is 4.39 Å². The maximum absolute atomic E-state index is 13.3. The molecule has 94 valence electrons. The molecule has 0 spiro atoms. The quantitative estimate of drug-likeness (QED) is 0.834. The van der Waals surface area contributed by atoms with Gasteiger partial charge in [-0.2, -0.15) is 0 Å². The first-order valence-electron chi connectivity index (χ1n) is 5.84. The highest BCUT2D eigenvalue weighted by atomic mass is 79.9. The second kappa shape index (κ2) is 5.53. The van der Waals surface area contributed by atoms with Crippen LogP contribution in [-0.2, 0) is 0 Å². The number of anilines is 1. The van der Waals surface area contributed by atoms with Crippen LogP contribution in [0.4, 0.5) is 10.1 Å². The fourth-order valence-electron chi connectivity index (χ4n) is 1.93. The highest BCUT2D eigenvalue weighted by molar-refractivity contribution is 9.10. The summed E-state index contributed by atoms with van der Waals surface area (Å²) in [7, 11) is 0. The fraction of sp³-hybridized carbons (Fsp3) is 0.200. The van der Waals surface area contributed by atoms with E-state index in [1.54, 1.807) is 0 Å². The molecule has 2 aromatic carbocycles. The lowest BCUT2D eigenvalue weighted by atomic mass is 10.1. The summed E-state index contributed by atoms with van der Waals surface area (Å²) in [6.45, 7) is 3.94. The predicted molar refractivity (Wildman–Crippen MR) is 77.3 cm³/mol. The molecule has 0 bridgehead atoms. The molecule has 0 aliphatic rings. The Balaban J connectivity index is 2.18. The Hall–Kier alpha value is -1.35. The van der Waals surface area contributed by atoms with E-state index in [4.69, 9.17) is 0 Å². The SMILES string of the molecule is Cc1cc(F)cc(NC(C)c2cccc(Br)c2)c1. The van der Waals surface area contributed by atoms with Gasteiger partial charge in [0.25, 0.3) is 0 Å². The van der Waals surface area contributed by atoms with Crippen molar-refractivity contribution in [1.29, 1.82) is 0 Å². The molecule has 0 saturated carbocycles. The lowest BCUT2D eigenvalue weighted by Crippen LogP contribution is -2.06. The van der Waals surface area contributed by atoms with Gasteiger partial charge in [0, 0.05) is 16.2 Å². The van der Waals surface area contributed by atoms with Crippen LogP contribution in [-0.4, -0.2) is 0 Å². The van der Waals surface area contributed by atoms with E-state index in [9.17, 15) is 4.39 Å². The number of hydrogen-bond acceptors (Lipinski definition) is 1. The van der Waals surface area contributed by atoms with Crippen LogP contribution >= 0.6 is 15.9 Å². The summed E-state index contributed by atoms with van der Waals surface area (Å²) in [4.78, 5) is 0. The van der Waals surface area contributed by atoms with Crippen molar-refractivity contribution in [3.8, 4) is 0 Å². The summed E-state index contributed by atoms with van der Waals surface area (Å²) in [5.41, 5.74) is 2.88. The average molecular weight is 308 g/mol. The fourth-order valence-corrected chi connectivity index (χ4v) is 2.35. The van der Waals surface area contributed by atoms with Gasteiger partial charge in [0.15, 0.2) is 0 Å². The molecule has 1 atom stereocenters. The van der Waals surface area contributed by atoms with E-state index in [-0.39, 0.29) is 11.9 Å². The van der Waals surface area contributed by atoms with Gasteiger partial charge in [0.2, 0.25) is 0 Å². The Labute approximate surface area is 115 Å². The van der Waals surface area contributed by atoms with E-state index in [2.05, 4.69) is 40.3 Å². The van der Waals surface area contributed by atoms with Crippen LogP contribution in [0.15, 0.2) is 46.9 Å². The van der Waals surface area contributed by atoms with Crippen molar-refractivity contribution in [1.82, 2.24) is 0 Å². The van der Waals surface area contributed by atoms with Crippen molar-refractivity contribution in [3.05, 3.63) is 63.9 Å². The van der Waals surface area contributed by atoms with Gasteiger partial charge in [-0.3, -0.25) is 0 Å². The summed E-state index contributed by atoms with van der Waals surface area (Å²) in [5.74, 6) is -0.209. The van der Waals surface area contributed by atoms with E-state index in [1.165, 1.54) is 12.1 Å². The van der Waals surface area contributed by atoms with Crippen LogP contribution in [0.1, 0.15) is 24.1 Å². The van der Waals surface area contributed by atoms with E-state index in [1.807, 2.05) is 25.1 Å². The maximum Gasteiger partial charge on any atom is 0.125 e. The van der Waals surface area contributed by atoms with Crippen molar-refractivity contribution in [2.24, 2.45) is 0 Å². The van der Waals surface area contributed by atoms with E-state index in [0.29, 0.717) is 0 Å². The molecule has 0 saturated heterocycles. The molecule has 1 N–H and O–H groups in total. The second-order valence-electron chi connectivity index (χ2n) is 4.44. The lowest BCUT2D eigenvalue weighted by Gasteiger charge is -2.16. The minimum atomic E-state index is -0.209. The van der Waals surface area contributed by atoms with Gasteiger partial charge in [0.05, 0.1) is 0 Å². The smallest absolute Gasteiger partial charge is 0.125 e. The first-order chi connectivity index (χ1) is 8.54.